The summed E-state index contributed by atoms with van der Waals surface area (Å²) in [6, 6.07) is 6.16. The monoisotopic (exact) mass is 357 g/mol. The number of benzene rings is 1. The second kappa shape index (κ2) is 8.12. The number of aliphatic imine (C=N–C) groups is 1. The molecule has 7 nitrogen and oxygen atoms in total. The van der Waals surface area contributed by atoms with Gasteiger partial charge in [0.05, 0.1) is 26.5 Å². The van der Waals surface area contributed by atoms with Crippen LogP contribution in [0.25, 0.3) is 0 Å². The van der Waals surface area contributed by atoms with Crippen molar-refractivity contribution in [2.75, 3.05) is 27.3 Å². The van der Waals surface area contributed by atoms with Crippen molar-refractivity contribution >= 4 is 5.96 Å². The number of aromatic nitrogens is 2. The number of guanidine groups is 1. The molecule has 1 N–H and O–H groups in total. The van der Waals surface area contributed by atoms with Crippen molar-refractivity contribution in [3.05, 3.63) is 41.2 Å². The van der Waals surface area contributed by atoms with E-state index in [-0.39, 0.29) is 0 Å². The van der Waals surface area contributed by atoms with Crippen molar-refractivity contribution in [3.63, 3.8) is 0 Å². The van der Waals surface area contributed by atoms with Crippen LogP contribution in [0.2, 0.25) is 0 Å². The Morgan fingerprint density at radius 2 is 1.96 bits per heavy atom. The molecule has 0 bridgehead atoms. The van der Waals surface area contributed by atoms with Crippen LogP contribution in [0.4, 0.5) is 0 Å². The molecular formula is C19H27N5O2. The first-order valence-corrected chi connectivity index (χ1v) is 8.90. The highest BCUT2D eigenvalue weighted by molar-refractivity contribution is 5.80. The van der Waals surface area contributed by atoms with E-state index < -0.39 is 0 Å². The van der Waals surface area contributed by atoms with Crippen LogP contribution in [-0.4, -0.2) is 47.9 Å². The number of ether oxygens (including phenoxy) is 2. The molecule has 1 aliphatic rings. The first kappa shape index (κ1) is 18.1. The Morgan fingerprint density at radius 3 is 2.58 bits per heavy atom. The van der Waals surface area contributed by atoms with E-state index in [1.165, 1.54) is 11.1 Å². The Labute approximate surface area is 154 Å². The lowest BCUT2D eigenvalue weighted by Gasteiger charge is -2.32. The van der Waals surface area contributed by atoms with Gasteiger partial charge in [0.25, 0.3) is 0 Å². The Hall–Kier alpha value is -2.70. The molecule has 0 spiro atoms. The molecule has 0 radical (unpaired) electrons. The molecule has 0 aliphatic carbocycles. The largest absolute Gasteiger partial charge is 0.493 e. The summed E-state index contributed by atoms with van der Waals surface area (Å²) < 4.78 is 12.7. The fourth-order valence-corrected chi connectivity index (χ4v) is 3.20. The summed E-state index contributed by atoms with van der Waals surface area (Å²) in [4.78, 5) is 7.09. The van der Waals surface area contributed by atoms with Crippen molar-refractivity contribution in [2.24, 2.45) is 12.0 Å². The van der Waals surface area contributed by atoms with Crippen molar-refractivity contribution in [2.45, 2.75) is 26.4 Å². The predicted octanol–water partition coefficient (Wildman–Crippen LogP) is 1.96. The number of aryl methyl sites for hydroxylation is 1. The van der Waals surface area contributed by atoms with Crippen LogP contribution < -0.4 is 14.8 Å². The van der Waals surface area contributed by atoms with Gasteiger partial charge in [0.15, 0.2) is 17.5 Å². The van der Waals surface area contributed by atoms with Crippen LogP contribution in [0.1, 0.15) is 23.7 Å². The Kier molecular flexibility index (Phi) is 5.65. The standard InChI is InChI=1S/C19H27N5O2/c1-5-20-19(21-12-16-6-8-22-23(16)2)24-9-7-14-10-17(25-3)18(26-4)11-15(14)13-24/h6,8,10-11H,5,7,9,12-13H2,1-4H3,(H,20,21). The molecule has 7 heteroatoms. The molecule has 2 heterocycles. The number of nitrogens with zero attached hydrogens (tertiary/aromatic N) is 4. The van der Waals surface area contributed by atoms with Gasteiger partial charge in [-0.25, -0.2) is 4.99 Å². The van der Waals surface area contributed by atoms with Gasteiger partial charge in [0, 0.05) is 32.9 Å². The number of hydrogen-bond donors (Lipinski definition) is 1. The molecule has 2 aromatic rings. The zero-order valence-electron chi connectivity index (χ0n) is 16.0. The van der Waals surface area contributed by atoms with Crippen LogP contribution in [0.3, 0.4) is 0 Å². The molecular weight excluding hydrogens is 330 g/mol. The van der Waals surface area contributed by atoms with E-state index in [4.69, 9.17) is 14.5 Å². The van der Waals surface area contributed by atoms with E-state index in [2.05, 4.69) is 34.4 Å². The number of fused-ring (bicyclic) bond motifs is 1. The van der Waals surface area contributed by atoms with Gasteiger partial charge in [-0.1, -0.05) is 0 Å². The maximum Gasteiger partial charge on any atom is 0.194 e. The van der Waals surface area contributed by atoms with Crippen LogP contribution >= 0.6 is 0 Å². The summed E-state index contributed by atoms with van der Waals surface area (Å²) in [6.45, 7) is 5.24. The highest BCUT2D eigenvalue weighted by Crippen LogP contribution is 2.33. The highest BCUT2D eigenvalue weighted by atomic mass is 16.5. The maximum absolute atomic E-state index is 5.46. The third-order valence-electron chi connectivity index (χ3n) is 4.67. The summed E-state index contributed by atoms with van der Waals surface area (Å²) in [5.74, 6) is 2.48. The van der Waals surface area contributed by atoms with Gasteiger partial charge in [-0.05, 0) is 42.7 Å². The summed E-state index contributed by atoms with van der Waals surface area (Å²) in [7, 11) is 5.28. The SMILES string of the molecule is CCNC(=NCc1ccnn1C)N1CCc2cc(OC)c(OC)cc2C1. The molecule has 26 heavy (non-hydrogen) atoms. The lowest BCUT2D eigenvalue weighted by molar-refractivity contribution is 0.346. The van der Waals surface area contributed by atoms with Gasteiger partial charge in [-0.2, -0.15) is 5.10 Å². The van der Waals surface area contributed by atoms with Gasteiger partial charge in [0.1, 0.15) is 0 Å². The summed E-state index contributed by atoms with van der Waals surface area (Å²) in [5, 5.41) is 7.61. The third kappa shape index (κ3) is 3.76. The van der Waals surface area contributed by atoms with Crippen LogP contribution in [-0.2, 0) is 26.6 Å². The van der Waals surface area contributed by atoms with Gasteiger partial charge in [0.2, 0.25) is 0 Å². The molecule has 1 aliphatic heterocycles. The van der Waals surface area contributed by atoms with E-state index in [1.54, 1.807) is 20.4 Å². The molecule has 0 fully saturated rings. The van der Waals surface area contributed by atoms with Crippen molar-refractivity contribution in [1.29, 1.82) is 0 Å². The fourth-order valence-electron chi connectivity index (χ4n) is 3.20. The van der Waals surface area contributed by atoms with Crippen molar-refractivity contribution in [1.82, 2.24) is 20.0 Å². The predicted molar refractivity (Wildman–Crippen MR) is 102 cm³/mol. The number of rotatable bonds is 5. The minimum absolute atomic E-state index is 0.605. The first-order chi connectivity index (χ1) is 12.7. The maximum atomic E-state index is 5.46. The van der Waals surface area contributed by atoms with Gasteiger partial charge < -0.3 is 19.7 Å². The van der Waals surface area contributed by atoms with Gasteiger partial charge >= 0.3 is 0 Å². The summed E-state index contributed by atoms with van der Waals surface area (Å²) in [5.41, 5.74) is 3.64. The Bertz CT molecular complexity index is 784. The van der Waals surface area contributed by atoms with E-state index in [9.17, 15) is 0 Å². The molecule has 0 amide bonds. The second-order valence-corrected chi connectivity index (χ2v) is 6.26. The average Bonchev–Trinajstić information content (AvgIpc) is 3.08. The van der Waals surface area contributed by atoms with Crippen LogP contribution in [0.5, 0.6) is 11.5 Å². The van der Waals surface area contributed by atoms with E-state index in [0.29, 0.717) is 6.54 Å². The molecule has 140 valence electrons. The topological polar surface area (TPSA) is 63.9 Å². The minimum atomic E-state index is 0.605. The fraction of sp³-hybridized carbons (Fsp3) is 0.474. The molecule has 0 atom stereocenters. The highest BCUT2D eigenvalue weighted by Gasteiger charge is 2.21. The zero-order valence-corrected chi connectivity index (χ0v) is 16.0. The van der Waals surface area contributed by atoms with Gasteiger partial charge in [-0.3, -0.25) is 4.68 Å². The molecule has 1 aromatic heterocycles. The number of hydrogen-bond acceptors (Lipinski definition) is 4. The van der Waals surface area contributed by atoms with E-state index in [1.807, 2.05) is 17.8 Å². The van der Waals surface area contributed by atoms with E-state index in [0.717, 1.165) is 49.2 Å². The number of nitrogens with one attached hydrogen (secondary N) is 1. The van der Waals surface area contributed by atoms with Gasteiger partial charge in [-0.15, -0.1) is 0 Å². The normalized spacial score (nSPS) is 14.2. The molecule has 0 saturated heterocycles. The first-order valence-electron chi connectivity index (χ1n) is 8.90. The zero-order chi connectivity index (χ0) is 18.5. The van der Waals surface area contributed by atoms with Crippen molar-refractivity contribution in [3.8, 4) is 11.5 Å². The second-order valence-electron chi connectivity index (χ2n) is 6.26. The lowest BCUT2D eigenvalue weighted by Crippen LogP contribution is -2.44. The molecule has 0 unspecified atom stereocenters. The minimum Gasteiger partial charge on any atom is -0.493 e. The lowest BCUT2D eigenvalue weighted by atomic mass is 9.99. The summed E-state index contributed by atoms with van der Waals surface area (Å²) in [6.07, 6.45) is 2.75. The molecule has 3 rings (SSSR count). The third-order valence-corrected chi connectivity index (χ3v) is 4.67. The molecule has 1 aromatic carbocycles. The quantitative estimate of drug-likeness (QED) is 0.655. The van der Waals surface area contributed by atoms with Crippen molar-refractivity contribution < 1.29 is 9.47 Å². The Morgan fingerprint density at radius 1 is 1.23 bits per heavy atom. The Balaban J connectivity index is 1.81. The van der Waals surface area contributed by atoms with Crippen LogP contribution in [0.15, 0.2) is 29.4 Å². The smallest absolute Gasteiger partial charge is 0.194 e. The average molecular weight is 357 g/mol. The van der Waals surface area contributed by atoms with Crippen LogP contribution in [0, 0.1) is 0 Å². The molecule has 0 saturated carbocycles. The summed E-state index contributed by atoms with van der Waals surface area (Å²) >= 11 is 0. The van der Waals surface area contributed by atoms with E-state index >= 15 is 0 Å². The number of methoxy groups -OCH3 is 2.